The zero-order valence-corrected chi connectivity index (χ0v) is 13.4. The Morgan fingerprint density at radius 3 is 2.43 bits per heavy atom. The Bertz CT molecular complexity index is 329. The van der Waals surface area contributed by atoms with Gasteiger partial charge in [-0.25, -0.2) is 0 Å². The van der Waals surface area contributed by atoms with Crippen LogP contribution in [0.4, 0.5) is 0 Å². The van der Waals surface area contributed by atoms with E-state index in [2.05, 4.69) is 15.1 Å². The molecular formula is C17H31N3O. The number of nitrogens with zero attached hydrogens (tertiary/aromatic N) is 2. The van der Waals surface area contributed by atoms with Gasteiger partial charge >= 0.3 is 0 Å². The number of hydrogen-bond donors (Lipinski definition) is 1. The molecule has 1 atom stereocenters. The molecule has 4 nitrogen and oxygen atoms in total. The second kappa shape index (κ2) is 7.59. The molecule has 0 aromatic rings. The summed E-state index contributed by atoms with van der Waals surface area (Å²) in [6.07, 6.45) is 10.2. The monoisotopic (exact) mass is 293 g/mol. The molecule has 3 rings (SSSR count). The largest absolute Gasteiger partial charge is 0.342 e. The zero-order valence-electron chi connectivity index (χ0n) is 13.4. The summed E-state index contributed by atoms with van der Waals surface area (Å²) >= 11 is 0. The van der Waals surface area contributed by atoms with Crippen molar-refractivity contribution in [2.75, 3.05) is 39.3 Å². The van der Waals surface area contributed by atoms with Crippen LogP contribution in [0.3, 0.4) is 0 Å². The lowest BCUT2D eigenvalue weighted by Gasteiger charge is -2.31. The third kappa shape index (κ3) is 4.68. The fraction of sp³-hybridized carbons (Fsp3) is 0.941. The van der Waals surface area contributed by atoms with Crippen molar-refractivity contribution in [3.63, 3.8) is 0 Å². The maximum atomic E-state index is 12.6. The van der Waals surface area contributed by atoms with Crippen molar-refractivity contribution in [2.24, 2.45) is 5.92 Å². The van der Waals surface area contributed by atoms with Gasteiger partial charge in [0.05, 0.1) is 6.54 Å². The molecule has 3 fully saturated rings. The highest BCUT2D eigenvalue weighted by atomic mass is 16.2. The van der Waals surface area contributed by atoms with E-state index in [0.717, 1.165) is 32.1 Å². The first kappa shape index (κ1) is 15.3. The average Bonchev–Trinajstić information content (AvgIpc) is 3.34. The van der Waals surface area contributed by atoms with Gasteiger partial charge in [-0.3, -0.25) is 9.69 Å². The molecular weight excluding hydrogens is 262 g/mol. The Morgan fingerprint density at radius 2 is 1.81 bits per heavy atom. The molecule has 0 aromatic heterocycles. The molecule has 3 aliphatic rings. The van der Waals surface area contributed by atoms with E-state index in [0.29, 0.717) is 18.5 Å². The van der Waals surface area contributed by atoms with E-state index in [-0.39, 0.29) is 0 Å². The minimum atomic E-state index is 0.382. The van der Waals surface area contributed by atoms with Crippen LogP contribution < -0.4 is 5.32 Å². The molecule has 21 heavy (non-hydrogen) atoms. The fourth-order valence-electron chi connectivity index (χ4n) is 3.79. The van der Waals surface area contributed by atoms with E-state index in [1.165, 1.54) is 57.9 Å². The first-order valence-corrected chi connectivity index (χ1v) is 9.05. The van der Waals surface area contributed by atoms with Gasteiger partial charge in [0.25, 0.3) is 0 Å². The summed E-state index contributed by atoms with van der Waals surface area (Å²) in [7, 11) is 0. The third-order valence-corrected chi connectivity index (χ3v) is 5.25. The normalized spacial score (nSPS) is 27.7. The first-order valence-electron chi connectivity index (χ1n) is 9.05. The highest BCUT2D eigenvalue weighted by Gasteiger charge is 2.33. The van der Waals surface area contributed by atoms with E-state index in [1.807, 2.05) is 0 Å². The standard InChI is InChI=1S/C17H31N3O/c21-17(19-10-3-1-2-4-11-19)14-20(16-7-8-16)13-15-6-5-9-18-12-15/h15-16,18H,1-14H2. The number of hydrogen-bond acceptors (Lipinski definition) is 3. The number of rotatable bonds is 5. The summed E-state index contributed by atoms with van der Waals surface area (Å²) in [6, 6.07) is 0.697. The maximum Gasteiger partial charge on any atom is 0.236 e. The molecule has 1 unspecified atom stereocenters. The van der Waals surface area contributed by atoms with Crippen LogP contribution in [-0.4, -0.2) is 61.0 Å². The van der Waals surface area contributed by atoms with E-state index in [1.54, 1.807) is 0 Å². The first-order chi connectivity index (χ1) is 10.3. The van der Waals surface area contributed by atoms with E-state index >= 15 is 0 Å². The Balaban J connectivity index is 1.50. The lowest BCUT2D eigenvalue weighted by molar-refractivity contribution is -0.132. The Morgan fingerprint density at radius 1 is 1.05 bits per heavy atom. The van der Waals surface area contributed by atoms with E-state index in [9.17, 15) is 4.79 Å². The summed E-state index contributed by atoms with van der Waals surface area (Å²) in [5, 5.41) is 3.50. The lowest BCUT2D eigenvalue weighted by Crippen LogP contribution is -2.45. The van der Waals surface area contributed by atoms with Gasteiger partial charge in [0.15, 0.2) is 0 Å². The molecule has 0 bridgehead atoms. The SMILES string of the molecule is O=C(CN(CC1CCCNC1)C1CC1)N1CCCCCC1. The van der Waals surface area contributed by atoms with Crippen LogP contribution in [0.2, 0.25) is 0 Å². The van der Waals surface area contributed by atoms with Crippen LogP contribution in [0.25, 0.3) is 0 Å². The number of likely N-dealkylation sites (tertiary alicyclic amines) is 1. The molecule has 0 aromatic carbocycles. The molecule has 0 radical (unpaired) electrons. The van der Waals surface area contributed by atoms with E-state index < -0.39 is 0 Å². The average molecular weight is 293 g/mol. The molecule has 1 amide bonds. The smallest absolute Gasteiger partial charge is 0.236 e. The highest BCUT2D eigenvalue weighted by molar-refractivity contribution is 5.78. The Labute approximate surface area is 129 Å². The van der Waals surface area contributed by atoms with Crippen LogP contribution >= 0.6 is 0 Å². The van der Waals surface area contributed by atoms with Gasteiger partial charge < -0.3 is 10.2 Å². The van der Waals surface area contributed by atoms with Crippen molar-refractivity contribution in [1.82, 2.24) is 15.1 Å². The Kier molecular flexibility index (Phi) is 5.53. The van der Waals surface area contributed by atoms with Gasteiger partial charge in [0, 0.05) is 25.7 Å². The molecule has 4 heteroatoms. The minimum Gasteiger partial charge on any atom is -0.342 e. The van der Waals surface area contributed by atoms with Crippen molar-refractivity contribution < 1.29 is 4.79 Å². The van der Waals surface area contributed by atoms with Crippen LogP contribution in [0.5, 0.6) is 0 Å². The lowest BCUT2D eigenvalue weighted by atomic mass is 9.99. The summed E-state index contributed by atoms with van der Waals surface area (Å²) in [5.41, 5.74) is 0. The molecule has 2 aliphatic heterocycles. The predicted octanol–water partition coefficient (Wildman–Crippen LogP) is 1.85. The molecule has 2 saturated heterocycles. The van der Waals surface area contributed by atoms with Gasteiger partial charge in [-0.2, -0.15) is 0 Å². The molecule has 2 heterocycles. The molecule has 1 aliphatic carbocycles. The summed E-state index contributed by atoms with van der Waals surface area (Å²) < 4.78 is 0. The van der Waals surface area contributed by atoms with Crippen LogP contribution in [0.1, 0.15) is 51.4 Å². The van der Waals surface area contributed by atoms with Crippen molar-refractivity contribution in [2.45, 2.75) is 57.4 Å². The van der Waals surface area contributed by atoms with Crippen molar-refractivity contribution in [3.8, 4) is 0 Å². The topological polar surface area (TPSA) is 35.6 Å². The summed E-state index contributed by atoms with van der Waals surface area (Å²) in [5.74, 6) is 1.13. The number of nitrogens with one attached hydrogen (secondary N) is 1. The van der Waals surface area contributed by atoms with Gasteiger partial charge in [-0.15, -0.1) is 0 Å². The minimum absolute atomic E-state index is 0.382. The third-order valence-electron chi connectivity index (χ3n) is 5.25. The number of amides is 1. The van der Waals surface area contributed by atoms with Crippen LogP contribution in [-0.2, 0) is 4.79 Å². The molecule has 0 spiro atoms. The van der Waals surface area contributed by atoms with Gasteiger partial charge in [0.2, 0.25) is 5.91 Å². The van der Waals surface area contributed by atoms with Gasteiger partial charge in [0.1, 0.15) is 0 Å². The maximum absolute atomic E-state index is 12.6. The Hall–Kier alpha value is -0.610. The summed E-state index contributed by atoms with van der Waals surface area (Å²) in [4.78, 5) is 17.2. The highest BCUT2D eigenvalue weighted by Crippen LogP contribution is 2.28. The molecule has 120 valence electrons. The summed E-state index contributed by atoms with van der Waals surface area (Å²) in [6.45, 7) is 6.08. The van der Waals surface area contributed by atoms with Gasteiger partial charge in [-0.05, 0) is 57.5 Å². The quantitative estimate of drug-likeness (QED) is 0.840. The molecule has 1 saturated carbocycles. The van der Waals surface area contributed by atoms with Crippen LogP contribution in [0, 0.1) is 5.92 Å². The van der Waals surface area contributed by atoms with Crippen molar-refractivity contribution in [1.29, 1.82) is 0 Å². The van der Waals surface area contributed by atoms with E-state index in [4.69, 9.17) is 0 Å². The van der Waals surface area contributed by atoms with Crippen LogP contribution in [0.15, 0.2) is 0 Å². The van der Waals surface area contributed by atoms with Crippen molar-refractivity contribution >= 4 is 5.91 Å². The fourth-order valence-corrected chi connectivity index (χ4v) is 3.79. The van der Waals surface area contributed by atoms with Gasteiger partial charge in [-0.1, -0.05) is 12.8 Å². The zero-order chi connectivity index (χ0) is 14.5. The number of carbonyl (C=O) groups excluding carboxylic acids is 1. The molecule has 1 N–H and O–H groups in total. The number of carbonyl (C=O) groups is 1. The second-order valence-corrected chi connectivity index (χ2v) is 7.17. The second-order valence-electron chi connectivity index (χ2n) is 7.17. The van der Waals surface area contributed by atoms with Crippen molar-refractivity contribution in [3.05, 3.63) is 0 Å². The number of piperidine rings is 1. The predicted molar refractivity (Wildman–Crippen MR) is 85.2 cm³/mol.